The smallest absolute Gasteiger partial charge is 0.335 e. The second-order valence-electron chi connectivity index (χ2n) is 6.14. The Kier molecular flexibility index (Phi) is 6.17. The van der Waals surface area contributed by atoms with E-state index in [9.17, 15) is 13.2 Å². The molecule has 1 aromatic heterocycles. The fourth-order valence-electron chi connectivity index (χ4n) is 2.99. The van der Waals surface area contributed by atoms with Gasteiger partial charge < -0.3 is 9.84 Å². The van der Waals surface area contributed by atoms with Gasteiger partial charge in [0, 0.05) is 32.0 Å². The molecule has 1 aliphatic rings. The summed E-state index contributed by atoms with van der Waals surface area (Å²) in [5, 5.41) is 9.07. The zero-order valence-corrected chi connectivity index (χ0v) is 15.4. The molecule has 1 unspecified atom stereocenters. The molecule has 2 heterocycles. The minimum absolute atomic E-state index is 0.0742. The molecule has 2 N–H and O–H groups in total. The van der Waals surface area contributed by atoms with Crippen molar-refractivity contribution >= 4 is 16.0 Å². The summed E-state index contributed by atoms with van der Waals surface area (Å²) in [4.78, 5) is 17.3. The number of morpholine rings is 1. The SMILES string of the molecule is O=C(O)c1cccc(S(=O)(=O)NCC(c2cccnc2)N2CCOCC2)c1. The molecule has 0 aliphatic carbocycles. The van der Waals surface area contributed by atoms with Gasteiger partial charge in [0.1, 0.15) is 0 Å². The van der Waals surface area contributed by atoms with Gasteiger partial charge in [0.25, 0.3) is 0 Å². The van der Waals surface area contributed by atoms with Crippen LogP contribution in [0.1, 0.15) is 22.0 Å². The van der Waals surface area contributed by atoms with Crippen molar-refractivity contribution in [3.63, 3.8) is 0 Å². The van der Waals surface area contributed by atoms with Gasteiger partial charge in [-0.1, -0.05) is 12.1 Å². The Bertz CT molecular complexity index is 883. The molecular formula is C18H21N3O5S. The van der Waals surface area contributed by atoms with E-state index in [1.807, 2.05) is 12.1 Å². The number of hydrogen-bond acceptors (Lipinski definition) is 6. The van der Waals surface area contributed by atoms with E-state index in [-0.39, 0.29) is 23.0 Å². The van der Waals surface area contributed by atoms with Crippen LogP contribution in [0.2, 0.25) is 0 Å². The van der Waals surface area contributed by atoms with Crippen LogP contribution in [0.4, 0.5) is 0 Å². The van der Waals surface area contributed by atoms with Gasteiger partial charge in [-0.15, -0.1) is 0 Å². The molecule has 1 aromatic carbocycles. The van der Waals surface area contributed by atoms with Crippen LogP contribution in [0.5, 0.6) is 0 Å². The average Bonchev–Trinajstić information content (AvgIpc) is 2.70. The summed E-state index contributed by atoms with van der Waals surface area (Å²) < 4.78 is 33.3. The van der Waals surface area contributed by atoms with Gasteiger partial charge in [0.05, 0.1) is 29.7 Å². The average molecular weight is 391 g/mol. The lowest BCUT2D eigenvalue weighted by Gasteiger charge is -2.34. The monoisotopic (exact) mass is 391 g/mol. The molecule has 3 rings (SSSR count). The van der Waals surface area contributed by atoms with Crippen LogP contribution in [0.25, 0.3) is 0 Å². The third kappa shape index (κ3) is 4.89. The number of carbonyl (C=O) groups is 1. The van der Waals surface area contributed by atoms with E-state index < -0.39 is 16.0 Å². The lowest BCUT2D eigenvalue weighted by Crippen LogP contribution is -2.43. The van der Waals surface area contributed by atoms with Gasteiger partial charge in [-0.3, -0.25) is 9.88 Å². The molecule has 0 spiro atoms. The van der Waals surface area contributed by atoms with Crippen LogP contribution in [0.3, 0.4) is 0 Å². The molecule has 0 amide bonds. The number of rotatable bonds is 7. The van der Waals surface area contributed by atoms with Gasteiger partial charge in [-0.05, 0) is 29.8 Å². The van der Waals surface area contributed by atoms with E-state index in [1.165, 1.54) is 18.2 Å². The molecule has 9 heteroatoms. The van der Waals surface area contributed by atoms with Crippen LogP contribution in [0.15, 0.2) is 53.7 Å². The Hall–Kier alpha value is -2.33. The van der Waals surface area contributed by atoms with E-state index in [1.54, 1.807) is 12.4 Å². The Morgan fingerprint density at radius 1 is 1.26 bits per heavy atom. The fourth-order valence-corrected chi connectivity index (χ4v) is 4.07. The van der Waals surface area contributed by atoms with Crippen LogP contribution in [-0.2, 0) is 14.8 Å². The first-order valence-electron chi connectivity index (χ1n) is 8.52. The second kappa shape index (κ2) is 8.57. The molecule has 2 aromatic rings. The number of ether oxygens (including phenoxy) is 1. The maximum atomic E-state index is 12.7. The Balaban J connectivity index is 1.80. The van der Waals surface area contributed by atoms with Crippen molar-refractivity contribution < 1.29 is 23.1 Å². The fraction of sp³-hybridized carbons (Fsp3) is 0.333. The predicted octanol–water partition coefficient (Wildman–Crippen LogP) is 1.13. The number of carboxylic acids is 1. The predicted molar refractivity (Wildman–Crippen MR) is 98.0 cm³/mol. The number of hydrogen-bond donors (Lipinski definition) is 2. The van der Waals surface area contributed by atoms with Crippen LogP contribution in [-0.4, -0.2) is 62.2 Å². The summed E-state index contributed by atoms with van der Waals surface area (Å²) in [5.74, 6) is -1.17. The highest BCUT2D eigenvalue weighted by Gasteiger charge is 2.25. The molecule has 144 valence electrons. The topological polar surface area (TPSA) is 109 Å². The third-order valence-corrected chi connectivity index (χ3v) is 5.83. The molecule has 27 heavy (non-hydrogen) atoms. The van der Waals surface area contributed by atoms with Gasteiger partial charge in [-0.25, -0.2) is 17.9 Å². The minimum Gasteiger partial charge on any atom is -0.478 e. The van der Waals surface area contributed by atoms with Gasteiger partial charge in [-0.2, -0.15) is 0 Å². The second-order valence-corrected chi connectivity index (χ2v) is 7.90. The number of aromatic nitrogens is 1. The van der Waals surface area contributed by atoms with Crippen molar-refractivity contribution in [1.29, 1.82) is 0 Å². The molecule has 0 bridgehead atoms. The van der Waals surface area contributed by atoms with Crippen molar-refractivity contribution in [2.75, 3.05) is 32.8 Å². The van der Waals surface area contributed by atoms with E-state index in [0.29, 0.717) is 26.3 Å². The van der Waals surface area contributed by atoms with Crippen LogP contribution in [0, 0.1) is 0 Å². The first-order valence-corrected chi connectivity index (χ1v) is 10.0. The number of aromatic carboxylic acids is 1. The summed E-state index contributed by atoms with van der Waals surface area (Å²) in [6.45, 7) is 2.70. The van der Waals surface area contributed by atoms with E-state index >= 15 is 0 Å². The maximum absolute atomic E-state index is 12.7. The lowest BCUT2D eigenvalue weighted by atomic mass is 10.1. The van der Waals surface area contributed by atoms with Gasteiger partial charge in [0.2, 0.25) is 10.0 Å². The highest BCUT2D eigenvalue weighted by Crippen LogP contribution is 2.21. The zero-order valence-electron chi connectivity index (χ0n) is 14.6. The molecule has 1 saturated heterocycles. The number of pyridine rings is 1. The molecule has 8 nitrogen and oxygen atoms in total. The van der Waals surface area contributed by atoms with Crippen molar-refractivity contribution in [3.8, 4) is 0 Å². The normalized spacial score (nSPS) is 16.7. The molecule has 0 radical (unpaired) electrons. The van der Waals surface area contributed by atoms with Gasteiger partial charge in [0.15, 0.2) is 0 Å². The first-order chi connectivity index (χ1) is 13.0. The quantitative estimate of drug-likeness (QED) is 0.728. The van der Waals surface area contributed by atoms with E-state index in [4.69, 9.17) is 9.84 Å². The van der Waals surface area contributed by atoms with Crippen molar-refractivity contribution in [1.82, 2.24) is 14.6 Å². The number of sulfonamides is 1. The summed E-state index contributed by atoms with van der Waals surface area (Å²) in [6, 6.07) is 8.83. The molecular weight excluding hydrogens is 370 g/mol. The highest BCUT2D eigenvalue weighted by molar-refractivity contribution is 7.89. The Labute approximate surface area is 157 Å². The molecule has 0 saturated carbocycles. The standard InChI is InChI=1S/C18H21N3O5S/c22-18(23)14-3-1-5-16(11-14)27(24,25)20-13-17(15-4-2-6-19-12-15)21-7-9-26-10-8-21/h1-6,11-12,17,20H,7-10,13H2,(H,22,23). The van der Waals surface area contributed by atoms with E-state index in [0.717, 1.165) is 11.6 Å². The van der Waals surface area contributed by atoms with Crippen LogP contribution >= 0.6 is 0 Å². The Morgan fingerprint density at radius 2 is 2.04 bits per heavy atom. The largest absolute Gasteiger partial charge is 0.478 e. The zero-order chi connectivity index (χ0) is 19.3. The third-order valence-electron chi connectivity index (χ3n) is 4.41. The van der Waals surface area contributed by atoms with Gasteiger partial charge >= 0.3 is 5.97 Å². The van der Waals surface area contributed by atoms with Crippen molar-refractivity contribution in [2.24, 2.45) is 0 Å². The number of nitrogens with zero attached hydrogens (tertiary/aromatic N) is 2. The first kappa shape index (κ1) is 19.4. The Morgan fingerprint density at radius 3 is 2.70 bits per heavy atom. The minimum atomic E-state index is -3.85. The van der Waals surface area contributed by atoms with Crippen molar-refractivity contribution in [3.05, 3.63) is 59.9 Å². The highest BCUT2D eigenvalue weighted by atomic mass is 32.2. The molecule has 1 fully saturated rings. The summed E-state index contributed by atoms with van der Waals surface area (Å²) in [5.41, 5.74) is 0.830. The molecule has 1 aliphatic heterocycles. The molecule has 1 atom stereocenters. The number of nitrogens with one attached hydrogen (secondary N) is 1. The summed E-state index contributed by atoms with van der Waals surface area (Å²) >= 11 is 0. The van der Waals surface area contributed by atoms with Crippen molar-refractivity contribution in [2.45, 2.75) is 10.9 Å². The maximum Gasteiger partial charge on any atom is 0.335 e. The number of benzene rings is 1. The lowest BCUT2D eigenvalue weighted by molar-refractivity contribution is 0.0171. The summed E-state index contributed by atoms with van der Waals surface area (Å²) in [7, 11) is -3.85. The van der Waals surface area contributed by atoms with Crippen LogP contribution < -0.4 is 4.72 Å². The van der Waals surface area contributed by atoms with E-state index in [2.05, 4.69) is 14.6 Å². The summed E-state index contributed by atoms with van der Waals surface area (Å²) in [6.07, 6.45) is 3.39. The number of carboxylic acid groups (broad SMARTS) is 1.